The van der Waals surface area contributed by atoms with Crippen LogP contribution in [-0.4, -0.2) is 43.9 Å². The molecule has 2 saturated carbocycles. The average molecular weight is 489 g/mol. The van der Waals surface area contributed by atoms with E-state index < -0.39 is 0 Å². The van der Waals surface area contributed by atoms with Gasteiger partial charge in [-0.05, 0) is 56.1 Å². The first-order chi connectivity index (χ1) is 12.2. The van der Waals surface area contributed by atoms with E-state index in [1.54, 1.807) is 0 Å². The third-order valence-electron chi connectivity index (χ3n) is 5.72. The van der Waals surface area contributed by atoms with Gasteiger partial charge in [0.05, 0.1) is 0 Å². The highest BCUT2D eigenvalue weighted by Crippen LogP contribution is 2.49. The molecule has 3 aliphatic rings. The second kappa shape index (κ2) is 8.46. The Morgan fingerprint density at radius 3 is 2.77 bits per heavy atom. The minimum atomic E-state index is 0. The third-order valence-corrected chi connectivity index (χ3v) is 6.81. The molecule has 2 N–H and O–H groups in total. The molecule has 0 bridgehead atoms. The van der Waals surface area contributed by atoms with Gasteiger partial charge in [-0.15, -0.1) is 24.0 Å². The predicted molar refractivity (Wildman–Crippen MR) is 118 cm³/mol. The summed E-state index contributed by atoms with van der Waals surface area (Å²) in [6.45, 7) is 1.24. The summed E-state index contributed by atoms with van der Waals surface area (Å²) in [4.78, 5) is 4.43. The summed E-state index contributed by atoms with van der Waals surface area (Å²) in [5, 5.41) is 7.95. The van der Waals surface area contributed by atoms with Crippen LogP contribution in [-0.2, 0) is 5.41 Å². The maximum Gasteiger partial charge on any atom is 0.231 e. The zero-order valence-corrected chi connectivity index (χ0v) is 18.6. The predicted octanol–water partition coefficient (Wildman–Crippen LogP) is 3.51. The van der Waals surface area contributed by atoms with Crippen molar-refractivity contribution in [1.82, 2.24) is 10.6 Å². The van der Waals surface area contributed by atoms with Crippen LogP contribution in [0.1, 0.15) is 37.7 Å². The van der Waals surface area contributed by atoms with E-state index in [1.165, 1.54) is 37.7 Å². The normalized spacial score (nSPS) is 25.5. The monoisotopic (exact) mass is 489 g/mol. The number of hydrogen-bond donors (Lipinski definition) is 2. The summed E-state index contributed by atoms with van der Waals surface area (Å²) in [7, 11) is 1.86. The number of nitrogens with one attached hydrogen (secondary N) is 2. The lowest BCUT2D eigenvalue weighted by atomic mass is 9.95. The smallest absolute Gasteiger partial charge is 0.231 e. The molecule has 7 heteroatoms. The van der Waals surface area contributed by atoms with Gasteiger partial charge in [0.25, 0.3) is 0 Å². The number of thioether (sulfide) groups is 1. The van der Waals surface area contributed by atoms with Crippen LogP contribution in [0.25, 0.3) is 0 Å². The van der Waals surface area contributed by atoms with E-state index in [-0.39, 0.29) is 29.4 Å². The molecule has 1 aliphatic heterocycles. The van der Waals surface area contributed by atoms with E-state index in [9.17, 15) is 0 Å². The molecule has 0 radical (unpaired) electrons. The standard InChI is InChI=1S/C19H27N3O2S.HI/c1-20-18(22-14-4-5-15(10-14)25-2)21-11-19(7-8-19)13-3-6-16-17(9-13)24-12-23-16;/h3,6,9,14-15H,4-5,7-8,10-12H2,1-2H3,(H2,20,21,22);1H. The minimum Gasteiger partial charge on any atom is -0.454 e. The number of aliphatic imine (C=N–C) groups is 1. The average Bonchev–Trinajstić information content (AvgIpc) is 3.07. The van der Waals surface area contributed by atoms with Crippen molar-refractivity contribution in [2.45, 2.75) is 48.8 Å². The summed E-state index contributed by atoms with van der Waals surface area (Å²) < 4.78 is 11.0. The molecular formula is C19H28IN3O2S. The van der Waals surface area contributed by atoms with Crippen LogP contribution in [0.5, 0.6) is 11.5 Å². The number of hydrogen-bond acceptors (Lipinski definition) is 4. The van der Waals surface area contributed by atoms with Crippen molar-refractivity contribution < 1.29 is 9.47 Å². The summed E-state index contributed by atoms with van der Waals surface area (Å²) in [5.74, 6) is 2.66. The molecule has 144 valence electrons. The quantitative estimate of drug-likeness (QED) is 0.377. The molecule has 4 rings (SSSR count). The van der Waals surface area contributed by atoms with Gasteiger partial charge in [0.2, 0.25) is 6.79 Å². The van der Waals surface area contributed by atoms with Crippen LogP contribution in [0.2, 0.25) is 0 Å². The highest BCUT2D eigenvalue weighted by molar-refractivity contribution is 14.0. The van der Waals surface area contributed by atoms with Crippen LogP contribution in [0.4, 0.5) is 0 Å². The molecule has 26 heavy (non-hydrogen) atoms. The first-order valence-electron chi connectivity index (χ1n) is 9.12. The van der Waals surface area contributed by atoms with Crippen LogP contribution in [0.15, 0.2) is 23.2 Å². The molecule has 1 aromatic rings. The second-order valence-corrected chi connectivity index (χ2v) is 8.42. The molecule has 1 heterocycles. The van der Waals surface area contributed by atoms with Crippen molar-refractivity contribution >= 4 is 41.7 Å². The fourth-order valence-electron chi connectivity index (χ4n) is 3.87. The summed E-state index contributed by atoms with van der Waals surface area (Å²) in [6.07, 6.45) is 8.39. The van der Waals surface area contributed by atoms with Gasteiger partial charge in [-0.1, -0.05) is 6.07 Å². The molecule has 2 unspecified atom stereocenters. The topological polar surface area (TPSA) is 54.9 Å². The molecule has 0 saturated heterocycles. The summed E-state index contributed by atoms with van der Waals surface area (Å²) >= 11 is 1.98. The zero-order chi connectivity index (χ0) is 17.3. The molecule has 2 fully saturated rings. The van der Waals surface area contributed by atoms with Crippen molar-refractivity contribution in [1.29, 1.82) is 0 Å². The number of nitrogens with zero attached hydrogens (tertiary/aromatic N) is 1. The molecule has 0 aromatic heterocycles. The Kier molecular flexibility index (Phi) is 6.48. The Hall–Kier alpha value is -0.830. The number of fused-ring (bicyclic) bond motifs is 1. The minimum absolute atomic E-state index is 0. The van der Waals surface area contributed by atoms with E-state index in [4.69, 9.17) is 9.47 Å². The number of rotatable bonds is 5. The highest BCUT2D eigenvalue weighted by Gasteiger charge is 2.45. The molecule has 1 aromatic carbocycles. The van der Waals surface area contributed by atoms with Gasteiger partial charge in [0.1, 0.15) is 0 Å². The Morgan fingerprint density at radius 1 is 1.27 bits per heavy atom. The maximum absolute atomic E-state index is 5.54. The number of benzene rings is 1. The van der Waals surface area contributed by atoms with Gasteiger partial charge < -0.3 is 20.1 Å². The Labute approximate surface area is 177 Å². The van der Waals surface area contributed by atoms with Crippen molar-refractivity contribution in [3.05, 3.63) is 23.8 Å². The summed E-state index contributed by atoms with van der Waals surface area (Å²) in [6, 6.07) is 6.90. The first kappa shape index (κ1) is 19.9. The zero-order valence-electron chi connectivity index (χ0n) is 15.4. The SMILES string of the molecule is CN=C(NCC1(c2ccc3c(c2)OCO3)CC1)NC1CCC(SC)C1.I. The van der Waals surface area contributed by atoms with Gasteiger partial charge in [0, 0.05) is 30.3 Å². The first-order valence-corrected chi connectivity index (χ1v) is 10.4. The summed E-state index contributed by atoms with van der Waals surface area (Å²) in [5.41, 5.74) is 1.54. The van der Waals surface area contributed by atoms with E-state index in [2.05, 4.69) is 34.0 Å². The van der Waals surface area contributed by atoms with Gasteiger partial charge in [-0.2, -0.15) is 11.8 Å². The fourth-order valence-corrected chi connectivity index (χ4v) is 4.67. The highest BCUT2D eigenvalue weighted by atomic mass is 127. The molecule has 0 spiro atoms. The van der Waals surface area contributed by atoms with Gasteiger partial charge >= 0.3 is 0 Å². The Balaban J connectivity index is 0.00000196. The largest absolute Gasteiger partial charge is 0.454 e. The van der Waals surface area contributed by atoms with Crippen LogP contribution in [0, 0.1) is 0 Å². The number of halogens is 1. The van der Waals surface area contributed by atoms with Gasteiger partial charge in [0.15, 0.2) is 17.5 Å². The van der Waals surface area contributed by atoms with Crippen molar-refractivity contribution in [2.24, 2.45) is 4.99 Å². The van der Waals surface area contributed by atoms with Gasteiger partial charge in [-0.25, -0.2) is 0 Å². The maximum atomic E-state index is 5.54. The Bertz CT molecular complexity index is 666. The van der Waals surface area contributed by atoms with E-state index in [0.29, 0.717) is 12.8 Å². The molecule has 0 amide bonds. The van der Waals surface area contributed by atoms with Gasteiger partial charge in [-0.3, -0.25) is 4.99 Å². The van der Waals surface area contributed by atoms with Crippen molar-refractivity contribution in [3.63, 3.8) is 0 Å². The van der Waals surface area contributed by atoms with E-state index in [0.717, 1.165) is 29.3 Å². The van der Waals surface area contributed by atoms with Crippen molar-refractivity contribution in [2.75, 3.05) is 26.6 Å². The fraction of sp³-hybridized carbons (Fsp3) is 0.632. The van der Waals surface area contributed by atoms with Crippen LogP contribution in [0.3, 0.4) is 0 Å². The number of ether oxygens (including phenoxy) is 2. The lowest BCUT2D eigenvalue weighted by Crippen LogP contribution is -2.45. The van der Waals surface area contributed by atoms with E-state index >= 15 is 0 Å². The van der Waals surface area contributed by atoms with Crippen molar-refractivity contribution in [3.8, 4) is 11.5 Å². The third kappa shape index (κ3) is 4.18. The lowest BCUT2D eigenvalue weighted by Gasteiger charge is -2.21. The molecule has 5 nitrogen and oxygen atoms in total. The van der Waals surface area contributed by atoms with Crippen LogP contribution >= 0.6 is 35.7 Å². The Morgan fingerprint density at radius 2 is 2.08 bits per heavy atom. The molecule has 2 aliphatic carbocycles. The van der Waals surface area contributed by atoms with Crippen LogP contribution < -0.4 is 20.1 Å². The number of guanidine groups is 1. The second-order valence-electron chi connectivity index (χ2n) is 7.29. The molecule has 2 atom stereocenters. The van der Waals surface area contributed by atoms with E-state index in [1.807, 2.05) is 24.9 Å². The molecular weight excluding hydrogens is 461 g/mol. The lowest BCUT2D eigenvalue weighted by molar-refractivity contribution is 0.174.